The second-order valence-electron chi connectivity index (χ2n) is 3.37. The van der Waals surface area contributed by atoms with Crippen LogP contribution in [0.5, 0.6) is 0 Å². The van der Waals surface area contributed by atoms with Gasteiger partial charge in [-0.25, -0.2) is 0 Å². The first-order valence-electron chi connectivity index (χ1n) is 5.08. The predicted molar refractivity (Wildman–Crippen MR) is 58.8 cm³/mol. The predicted octanol–water partition coefficient (Wildman–Crippen LogP) is -2.02. The molecule has 0 aromatic heterocycles. The van der Waals surface area contributed by atoms with Gasteiger partial charge < -0.3 is 24.8 Å². The van der Waals surface area contributed by atoms with Crippen LogP contribution >= 0.6 is 0 Å². The van der Waals surface area contributed by atoms with E-state index in [2.05, 4.69) is 36.9 Å². The molecule has 1 rings (SSSR count). The van der Waals surface area contributed by atoms with Crippen LogP contribution in [0.25, 0.3) is 0 Å². The van der Waals surface area contributed by atoms with Gasteiger partial charge in [0.25, 0.3) is 0 Å². The van der Waals surface area contributed by atoms with E-state index in [1.165, 1.54) is 31.2 Å². The van der Waals surface area contributed by atoms with Gasteiger partial charge in [0.15, 0.2) is 0 Å². The Hall–Kier alpha value is 0.410. The Morgan fingerprint density at radius 1 is 0.938 bits per heavy atom. The summed E-state index contributed by atoms with van der Waals surface area (Å²) in [7, 11) is 0. The summed E-state index contributed by atoms with van der Waals surface area (Å²) in [6.45, 7) is 3.72. The minimum atomic E-state index is 0. The molecule has 0 atom stereocenters. The third kappa shape index (κ3) is 10.9. The van der Waals surface area contributed by atoms with Crippen LogP contribution in [0.1, 0.15) is 31.2 Å². The Balaban J connectivity index is -0.000000563. The van der Waals surface area contributed by atoms with Crippen molar-refractivity contribution in [2.45, 2.75) is 32.1 Å². The fourth-order valence-electron chi connectivity index (χ4n) is 1.44. The number of unbranched alkanes of at least 4 members (excludes halogenated alkanes) is 3. The van der Waals surface area contributed by atoms with Crippen molar-refractivity contribution in [2.24, 2.45) is 0 Å². The van der Waals surface area contributed by atoms with Gasteiger partial charge in [-0.15, -0.1) is 6.58 Å². The largest absolute Gasteiger partial charge is 1.00 e. The maximum atomic E-state index is 3.72. The van der Waals surface area contributed by atoms with Crippen LogP contribution in [-0.2, 0) is 32.3 Å². The standard InChI is InChI=1S/C13H18.2ClH.Hf/c1-2-3-4-5-7-10-13-11-8-6-9-12-13;;;/h2,6,8-9,11-12H,1,3-5,7,10H2;2*1H;/p-2. The molecule has 0 aliphatic rings. The van der Waals surface area contributed by atoms with Crippen LogP contribution in [-0.4, -0.2) is 0 Å². The first-order valence-corrected chi connectivity index (χ1v) is 5.08. The van der Waals surface area contributed by atoms with Gasteiger partial charge in [0.2, 0.25) is 0 Å². The normalized spacial score (nSPS) is 8.00. The molecular weight excluding hydrogens is 406 g/mol. The maximum absolute atomic E-state index is 3.72. The number of halogens is 2. The summed E-state index contributed by atoms with van der Waals surface area (Å²) in [6, 6.07) is 10.7. The molecule has 0 aliphatic carbocycles. The van der Waals surface area contributed by atoms with Crippen LogP contribution in [0.2, 0.25) is 0 Å². The Bertz CT molecular complexity index is 237. The monoisotopic (exact) mass is 424 g/mol. The van der Waals surface area contributed by atoms with Crippen molar-refractivity contribution in [3.05, 3.63) is 48.6 Å². The average Bonchev–Trinajstić information content (AvgIpc) is 2.19. The molecule has 0 aliphatic heterocycles. The molecule has 0 bridgehead atoms. The Labute approximate surface area is 131 Å². The summed E-state index contributed by atoms with van der Waals surface area (Å²) < 4.78 is 0. The van der Waals surface area contributed by atoms with E-state index in [1.54, 1.807) is 0 Å². The second-order valence-corrected chi connectivity index (χ2v) is 3.37. The molecule has 0 saturated carbocycles. The van der Waals surface area contributed by atoms with Crippen molar-refractivity contribution in [2.75, 3.05) is 0 Å². The zero-order valence-electron chi connectivity index (χ0n) is 9.46. The van der Waals surface area contributed by atoms with Crippen LogP contribution in [0.15, 0.2) is 43.0 Å². The fraction of sp³-hybridized carbons (Fsp3) is 0.385. The van der Waals surface area contributed by atoms with Gasteiger partial charge in [0.1, 0.15) is 0 Å². The molecule has 3 heteroatoms. The molecule has 0 radical (unpaired) electrons. The van der Waals surface area contributed by atoms with E-state index < -0.39 is 0 Å². The second kappa shape index (κ2) is 15.4. The molecule has 0 unspecified atom stereocenters. The quantitative estimate of drug-likeness (QED) is 0.282. The average molecular weight is 424 g/mol. The van der Waals surface area contributed by atoms with Crippen molar-refractivity contribution < 1.29 is 50.7 Å². The number of allylic oxidation sites excluding steroid dienone is 1. The third-order valence-corrected chi connectivity index (χ3v) is 2.22. The number of aryl methyl sites for hydroxylation is 1. The summed E-state index contributed by atoms with van der Waals surface area (Å²) in [5.41, 5.74) is 1.46. The van der Waals surface area contributed by atoms with E-state index in [-0.39, 0.29) is 50.7 Å². The molecule has 0 spiro atoms. The molecule has 0 amide bonds. The van der Waals surface area contributed by atoms with Crippen molar-refractivity contribution in [1.29, 1.82) is 0 Å². The van der Waals surface area contributed by atoms with Crippen molar-refractivity contribution in [3.8, 4) is 0 Å². The maximum Gasteiger partial charge on any atom is 0 e. The van der Waals surface area contributed by atoms with Crippen LogP contribution in [0.3, 0.4) is 0 Å². The zero-order chi connectivity index (χ0) is 9.36. The van der Waals surface area contributed by atoms with Crippen molar-refractivity contribution >= 4 is 0 Å². The Morgan fingerprint density at radius 2 is 1.56 bits per heavy atom. The summed E-state index contributed by atoms with van der Waals surface area (Å²) in [5, 5.41) is 0. The minimum absolute atomic E-state index is 0. The molecule has 0 fully saturated rings. The third-order valence-electron chi connectivity index (χ3n) is 2.22. The van der Waals surface area contributed by atoms with E-state index in [4.69, 9.17) is 0 Å². The van der Waals surface area contributed by atoms with E-state index in [0.29, 0.717) is 0 Å². The zero-order valence-corrected chi connectivity index (χ0v) is 14.6. The van der Waals surface area contributed by atoms with Gasteiger partial charge in [-0.1, -0.05) is 42.8 Å². The molecule has 16 heavy (non-hydrogen) atoms. The summed E-state index contributed by atoms with van der Waals surface area (Å²) in [5.74, 6) is 0. The molecular formula is C13H18Cl2Hf-2. The van der Waals surface area contributed by atoms with Gasteiger partial charge in [0, 0.05) is 25.8 Å². The number of hydrogen-bond acceptors (Lipinski definition) is 0. The Morgan fingerprint density at radius 3 is 2.12 bits per heavy atom. The fourth-order valence-corrected chi connectivity index (χ4v) is 1.44. The SMILES string of the molecule is C=CCCCCCc1ccccc1.[Cl-].[Cl-].[Hf]. The van der Waals surface area contributed by atoms with Crippen molar-refractivity contribution in [1.82, 2.24) is 0 Å². The van der Waals surface area contributed by atoms with Gasteiger partial charge in [-0.2, -0.15) is 0 Å². The smallest absolute Gasteiger partial charge is 0 e. The number of hydrogen-bond donors (Lipinski definition) is 0. The molecule has 0 heterocycles. The van der Waals surface area contributed by atoms with E-state index >= 15 is 0 Å². The molecule has 1 aromatic carbocycles. The first-order chi connectivity index (χ1) is 6.43. The van der Waals surface area contributed by atoms with E-state index in [1.807, 2.05) is 6.08 Å². The number of benzene rings is 1. The summed E-state index contributed by atoms with van der Waals surface area (Å²) >= 11 is 0. The van der Waals surface area contributed by atoms with E-state index in [9.17, 15) is 0 Å². The van der Waals surface area contributed by atoms with Crippen molar-refractivity contribution in [3.63, 3.8) is 0 Å². The molecule has 0 saturated heterocycles. The van der Waals surface area contributed by atoms with Gasteiger partial charge in [0.05, 0.1) is 0 Å². The molecule has 90 valence electrons. The number of rotatable bonds is 6. The van der Waals surface area contributed by atoms with Gasteiger partial charge in [-0.05, 0) is 31.2 Å². The van der Waals surface area contributed by atoms with Gasteiger partial charge >= 0.3 is 0 Å². The summed E-state index contributed by atoms with van der Waals surface area (Å²) in [6.07, 6.45) is 8.30. The van der Waals surface area contributed by atoms with Crippen LogP contribution < -0.4 is 24.8 Å². The Kier molecular flexibility index (Phi) is 20.9. The van der Waals surface area contributed by atoms with Crippen LogP contribution in [0.4, 0.5) is 0 Å². The molecule has 0 nitrogen and oxygen atoms in total. The minimum Gasteiger partial charge on any atom is -1.00 e. The summed E-state index contributed by atoms with van der Waals surface area (Å²) in [4.78, 5) is 0. The van der Waals surface area contributed by atoms with Gasteiger partial charge in [-0.3, -0.25) is 0 Å². The van der Waals surface area contributed by atoms with Crippen LogP contribution in [0, 0.1) is 0 Å². The molecule has 0 N–H and O–H groups in total. The van der Waals surface area contributed by atoms with E-state index in [0.717, 1.165) is 6.42 Å². The first kappa shape index (κ1) is 21.7. The topological polar surface area (TPSA) is 0 Å². The molecule has 1 aromatic rings.